The number of hydrogen-bond donors (Lipinski definition) is 2. The lowest BCUT2D eigenvalue weighted by Gasteiger charge is -2.35. The highest BCUT2D eigenvalue weighted by molar-refractivity contribution is 5.80. The second-order valence-corrected chi connectivity index (χ2v) is 9.06. The topological polar surface area (TPSA) is 42.9 Å². The van der Waals surface area contributed by atoms with Gasteiger partial charge in [0, 0.05) is 51.4 Å². The summed E-state index contributed by atoms with van der Waals surface area (Å²) in [5.41, 5.74) is 2.82. The fourth-order valence-corrected chi connectivity index (χ4v) is 4.62. The molecule has 0 saturated carbocycles. The molecule has 2 heterocycles. The summed E-state index contributed by atoms with van der Waals surface area (Å²) < 4.78 is 0. The number of guanidine groups is 1. The standard InChI is InChI=1S/C24H41N5/c1-19(2)28-15-12-23(13-16-28)27-24(25-4)26-17-21-10-5-6-11-22(21)18-29-14-8-7-9-20(29)3/h5-6,10-11,19-20,23H,7-9,12-18H2,1-4H3,(H2,25,26,27). The van der Waals surface area contributed by atoms with Gasteiger partial charge in [-0.05, 0) is 64.1 Å². The second-order valence-electron chi connectivity index (χ2n) is 9.06. The van der Waals surface area contributed by atoms with E-state index in [0.717, 1.165) is 19.0 Å². The van der Waals surface area contributed by atoms with Gasteiger partial charge in [0.2, 0.25) is 0 Å². The van der Waals surface area contributed by atoms with E-state index in [-0.39, 0.29) is 0 Å². The van der Waals surface area contributed by atoms with Gasteiger partial charge >= 0.3 is 0 Å². The largest absolute Gasteiger partial charge is 0.354 e. The Morgan fingerprint density at radius 3 is 2.45 bits per heavy atom. The van der Waals surface area contributed by atoms with Gasteiger partial charge in [-0.3, -0.25) is 9.89 Å². The van der Waals surface area contributed by atoms with Crippen molar-refractivity contribution in [2.45, 2.75) is 84.1 Å². The van der Waals surface area contributed by atoms with Crippen LogP contribution in [0.5, 0.6) is 0 Å². The SMILES string of the molecule is CN=C(NCc1ccccc1CN1CCCCC1C)NC1CCN(C(C)C)CC1. The van der Waals surface area contributed by atoms with Crippen molar-refractivity contribution >= 4 is 5.96 Å². The average molecular weight is 400 g/mol. The molecule has 1 atom stereocenters. The van der Waals surface area contributed by atoms with Crippen molar-refractivity contribution in [1.29, 1.82) is 0 Å². The van der Waals surface area contributed by atoms with Crippen LogP contribution >= 0.6 is 0 Å². The summed E-state index contributed by atoms with van der Waals surface area (Å²) in [6.07, 6.45) is 6.40. The molecule has 2 aliphatic rings. The van der Waals surface area contributed by atoms with Crippen molar-refractivity contribution in [3.05, 3.63) is 35.4 Å². The van der Waals surface area contributed by atoms with Crippen molar-refractivity contribution in [2.24, 2.45) is 4.99 Å². The molecule has 2 fully saturated rings. The van der Waals surface area contributed by atoms with E-state index in [2.05, 4.69) is 70.5 Å². The quantitative estimate of drug-likeness (QED) is 0.567. The summed E-state index contributed by atoms with van der Waals surface area (Å²) in [6.45, 7) is 12.4. The molecule has 0 aromatic heterocycles. The molecule has 5 nitrogen and oxygen atoms in total. The van der Waals surface area contributed by atoms with Crippen molar-refractivity contribution in [3.63, 3.8) is 0 Å². The summed E-state index contributed by atoms with van der Waals surface area (Å²) in [5, 5.41) is 7.21. The van der Waals surface area contributed by atoms with Gasteiger partial charge in [0.15, 0.2) is 5.96 Å². The number of aliphatic imine (C=N–C) groups is 1. The molecule has 1 aromatic rings. The van der Waals surface area contributed by atoms with Gasteiger partial charge in [0.25, 0.3) is 0 Å². The van der Waals surface area contributed by atoms with E-state index >= 15 is 0 Å². The predicted octanol–water partition coefficient (Wildman–Crippen LogP) is 3.60. The molecule has 5 heteroatoms. The van der Waals surface area contributed by atoms with Gasteiger partial charge in [-0.2, -0.15) is 0 Å². The minimum Gasteiger partial charge on any atom is -0.354 e. The Kier molecular flexibility index (Phi) is 8.37. The number of benzene rings is 1. The summed E-state index contributed by atoms with van der Waals surface area (Å²) in [4.78, 5) is 9.68. The molecular formula is C24H41N5. The number of nitrogens with one attached hydrogen (secondary N) is 2. The third-order valence-corrected chi connectivity index (χ3v) is 6.70. The van der Waals surface area contributed by atoms with Crippen molar-refractivity contribution in [2.75, 3.05) is 26.7 Å². The molecule has 29 heavy (non-hydrogen) atoms. The number of nitrogens with zero attached hydrogens (tertiary/aromatic N) is 3. The Balaban J connectivity index is 1.52. The van der Waals surface area contributed by atoms with Crippen LogP contribution in [0.4, 0.5) is 0 Å². The first-order chi connectivity index (χ1) is 14.1. The fraction of sp³-hybridized carbons (Fsp3) is 0.708. The summed E-state index contributed by atoms with van der Waals surface area (Å²) in [7, 11) is 1.87. The molecule has 0 amide bonds. The average Bonchev–Trinajstić information content (AvgIpc) is 2.74. The number of rotatable bonds is 6. The Bertz CT molecular complexity index is 648. The molecule has 2 N–H and O–H groups in total. The van der Waals surface area contributed by atoms with Crippen LogP contribution in [-0.4, -0.2) is 60.6 Å². The monoisotopic (exact) mass is 399 g/mol. The van der Waals surface area contributed by atoms with Crippen LogP contribution in [0, 0.1) is 0 Å². The van der Waals surface area contributed by atoms with Crippen molar-refractivity contribution in [3.8, 4) is 0 Å². The van der Waals surface area contributed by atoms with Crippen LogP contribution in [0.2, 0.25) is 0 Å². The second kappa shape index (κ2) is 11.0. The summed E-state index contributed by atoms with van der Waals surface area (Å²) >= 11 is 0. The zero-order valence-corrected chi connectivity index (χ0v) is 19.0. The van der Waals surface area contributed by atoms with E-state index in [1.165, 1.54) is 62.9 Å². The van der Waals surface area contributed by atoms with Crippen molar-refractivity contribution < 1.29 is 0 Å². The van der Waals surface area contributed by atoms with Gasteiger partial charge < -0.3 is 15.5 Å². The number of hydrogen-bond acceptors (Lipinski definition) is 3. The minimum atomic E-state index is 0.514. The minimum absolute atomic E-state index is 0.514. The van der Waals surface area contributed by atoms with Gasteiger partial charge in [0.1, 0.15) is 0 Å². The van der Waals surface area contributed by atoms with Gasteiger partial charge in [0.05, 0.1) is 0 Å². The number of piperidine rings is 2. The zero-order valence-electron chi connectivity index (χ0n) is 19.0. The molecule has 1 unspecified atom stereocenters. The predicted molar refractivity (Wildman–Crippen MR) is 123 cm³/mol. The van der Waals surface area contributed by atoms with Crippen LogP contribution in [0.25, 0.3) is 0 Å². The molecule has 162 valence electrons. The molecule has 0 aliphatic carbocycles. The third kappa shape index (κ3) is 6.45. The van der Waals surface area contributed by atoms with Crippen LogP contribution in [0.3, 0.4) is 0 Å². The van der Waals surface area contributed by atoms with Crippen LogP contribution in [0.15, 0.2) is 29.3 Å². The highest BCUT2D eigenvalue weighted by Crippen LogP contribution is 2.21. The molecule has 2 aliphatic heterocycles. The normalized spacial score (nSPS) is 22.8. The van der Waals surface area contributed by atoms with E-state index in [4.69, 9.17) is 0 Å². The Morgan fingerprint density at radius 2 is 1.79 bits per heavy atom. The Hall–Kier alpha value is -1.59. The van der Waals surface area contributed by atoms with Crippen molar-refractivity contribution in [1.82, 2.24) is 20.4 Å². The van der Waals surface area contributed by atoms with E-state index in [1.54, 1.807) is 0 Å². The zero-order chi connectivity index (χ0) is 20.6. The first kappa shape index (κ1) is 22.1. The van der Waals surface area contributed by atoms with Crippen LogP contribution in [-0.2, 0) is 13.1 Å². The maximum atomic E-state index is 4.48. The van der Waals surface area contributed by atoms with E-state index in [0.29, 0.717) is 18.1 Å². The highest BCUT2D eigenvalue weighted by Gasteiger charge is 2.22. The lowest BCUT2D eigenvalue weighted by Crippen LogP contribution is -2.49. The lowest BCUT2D eigenvalue weighted by molar-refractivity contribution is 0.152. The first-order valence-electron chi connectivity index (χ1n) is 11.6. The van der Waals surface area contributed by atoms with E-state index in [9.17, 15) is 0 Å². The third-order valence-electron chi connectivity index (χ3n) is 6.70. The first-order valence-corrected chi connectivity index (χ1v) is 11.6. The highest BCUT2D eigenvalue weighted by atomic mass is 15.2. The molecule has 0 radical (unpaired) electrons. The lowest BCUT2D eigenvalue weighted by atomic mass is 10.0. The molecule has 2 saturated heterocycles. The molecule has 0 bridgehead atoms. The fourth-order valence-electron chi connectivity index (χ4n) is 4.62. The maximum Gasteiger partial charge on any atom is 0.191 e. The Morgan fingerprint density at radius 1 is 1.07 bits per heavy atom. The molecule has 1 aromatic carbocycles. The maximum absolute atomic E-state index is 4.48. The smallest absolute Gasteiger partial charge is 0.191 e. The van der Waals surface area contributed by atoms with Gasteiger partial charge in [-0.15, -0.1) is 0 Å². The van der Waals surface area contributed by atoms with Crippen LogP contribution in [0.1, 0.15) is 64.0 Å². The van der Waals surface area contributed by atoms with E-state index in [1.807, 2.05) is 7.05 Å². The van der Waals surface area contributed by atoms with Gasteiger partial charge in [-0.25, -0.2) is 0 Å². The van der Waals surface area contributed by atoms with E-state index < -0.39 is 0 Å². The summed E-state index contributed by atoms with van der Waals surface area (Å²) in [6, 6.07) is 10.7. The van der Waals surface area contributed by atoms with Gasteiger partial charge in [-0.1, -0.05) is 30.7 Å². The molecular weight excluding hydrogens is 358 g/mol. The summed E-state index contributed by atoms with van der Waals surface area (Å²) in [5.74, 6) is 0.925. The number of likely N-dealkylation sites (tertiary alicyclic amines) is 2. The molecule has 0 spiro atoms. The Labute approximate surface area is 178 Å². The van der Waals surface area contributed by atoms with Crippen LogP contribution < -0.4 is 10.6 Å². The molecule has 3 rings (SSSR count).